The van der Waals surface area contributed by atoms with Crippen LogP contribution in [0, 0.1) is 5.41 Å². The third kappa shape index (κ3) is 2.28. The molecule has 2 aliphatic rings. The normalized spacial score (nSPS) is 23.2. The van der Waals surface area contributed by atoms with Crippen molar-refractivity contribution in [3.63, 3.8) is 0 Å². The van der Waals surface area contributed by atoms with Crippen LogP contribution in [0.2, 0.25) is 0 Å². The van der Waals surface area contributed by atoms with E-state index in [1.807, 2.05) is 36.1 Å². The molecule has 1 heterocycles. The summed E-state index contributed by atoms with van der Waals surface area (Å²) in [4.78, 5) is 14.4. The van der Waals surface area contributed by atoms with Crippen molar-refractivity contribution in [2.45, 2.75) is 58.1 Å². The Hall–Kier alpha value is -1.35. The van der Waals surface area contributed by atoms with Gasteiger partial charge in [0.15, 0.2) is 0 Å². The summed E-state index contributed by atoms with van der Waals surface area (Å²) < 4.78 is 0. The lowest BCUT2D eigenvalue weighted by molar-refractivity contribution is -0.0915. The number of nitrogens with zero attached hydrogens (tertiary/aromatic N) is 1. The molecule has 1 aromatic rings. The first-order chi connectivity index (χ1) is 9.99. The van der Waals surface area contributed by atoms with E-state index in [2.05, 4.69) is 6.92 Å². The van der Waals surface area contributed by atoms with Gasteiger partial charge in [-0.05, 0) is 36.3 Å². The molecule has 0 aromatic heterocycles. The molecule has 0 spiro atoms. The molecule has 3 nitrogen and oxygen atoms in total. The minimum atomic E-state index is -0.777. The largest absolute Gasteiger partial charge is 0.387 e. The van der Waals surface area contributed by atoms with Gasteiger partial charge in [0, 0.05) is 12.1 Å². The van der Waals surface area contributed by atoms with Gasteiger partial charge in [0.25, 0.3) is 5.91 Å². The zero-order valence-electron chi connectivity index (χ0n) is 13.1. The number of β-amino-alcohol motifs (C(OH)–C–C–N with tert-alkyl or cyclic N) is 1. The fourth-order valence-electron chi connectivity index (χ4n) is 4.11. The quantitative estimate of drug-likeness (QED) is 0.922. The molecule has 0 radical (unpaired) electrons. The molecule has 1 atom stereocenters. The van der Waals surface area contributed by atoms with E-state index in [9.17, 15) is 9.90 Å². The molecule has 21 heavy (non-hydrogen) atoms. The van der Waals surface area contributed by atoms with Gasteiger partial charge >= 0.3 is 0 Å². The first-order valence-electron chi connectivity index (χ1n) is 8.09. The maximum absolute atomic E-state index is 12.5. The second-order valence-corrected chi connectivity index (χ2v) is 6.97. The molecule has 0 unspecified atom stereocenters. The fourth-order valence-corrected chi connectivity index (χ4v) is 4.11. The summed E-state index contributed by atoms with van der Waals surface area (Å²) in [6, 6.07) is 7.78. The summed E-state index contributed by atoms with van der Waals surface area (Å²) in [5, 5.41) is 11.2. The second-order valence-electron chi connectivity index (χ2n) is 6.97. The monoisotopic (exact) mass is 287 g/mol. The molecule has 1 saturated carbocycles. The van der Waals surface area contributed by atoms with Crippen LogP contribution < -0.4 is 0 Å². The maximum Gasteiger partial charge on any atom is 0.254 e. The van der Waals surface area contributed by atoms with Gasteiger partial charge in [-0.3, -0.25) is 4.79 Å². The SMILES string of the molecule is CC[C@@](O)(CN1Cc2ccccc2C1=O)C1(C)CCCC1. The van der Waals surface area contributed by atoms with Gasteiger partial charge in [-0.2, -0.15) is 0 Å². The van der Waals surface area contributed by atoms with Gasteiger partial charge in [-0.15, -0.1) is 0 Å². The van der Waals surface area contributed by atoms with Crippen LogP contribution in [0.25, 0.3) is 0 Å². The Labute approximate surface area is 127 Å². The highest BCUT2D eigenvalue weighted by molar-refractivity contribution is 5.98. The van der Waals surface area contributed by atoms with E-state index in [1.165, 1.54) is 12.8 Å². The number of carbonyl (C=O) groups is 1. The summed E-state index contributed by atoms with van der Waals surface area (Å²) >= 11 is 0. The van der Waals surface area contributed by atoms with E-state index >= 15 is 0 Å². The average molecular weight is 287 g/mol. The first-order valence-corrected chi connectivity index (χ1v) is 8.09. The van der Waals surface area contributed by atoms with Crippen molar-refractivity contribution in [1.82, 2.24) is 4.90 Å². The van der Waals surface area contributed by atoms with Crippen LogP contribution in [0.4, 0.5) is 0 Å². The Morgan fingerprint density at radius 2 is 1.95 bits per heavy atom. The molecule has 1 fully saturated rings. The summed E-state index contributed by atoms with van der Waals surface area (Å²) in [7, 11) is 0. The molecule has 3 rings (SSSR count). The van der Waals surface area contributed by atoms with Gasteiger partial charge in [0.1, 0.15) is 0 Å². The van der Waals surface area contributed by atoms with Gasteiger partial charge in [0.05, 0.1) is 12.1 Å². The summed E-state index contributed by atoms with van der Waals surface area (Å²) in [6.45, 7) is 5.31. The van der Waals surface area contributed by atoms with Crippen LogP contribution in [0.1, 0.15) is 61.9 Å². The van der Waals surface area contributed by atoms with Crippen LogP contribution in [-0.4, -0.2) is 28.1 Å². The van der Waals surface area contributed by atoms with Crippen molar-refractivity contribution in [3.8, 4) is 0 Å². The van der Waals surface area contributed by atoms with E-state index in [0.29, 0.717) is 19.5 Å². The van der Waals surface area contributed by atoms with Crippen molar-refractivity contribution in [2.24, 2.45) is 5.41 Å². The van der Waals surface area contributed by atoms with Crippen molar-refractivity contribution in [3.05, 3.63) is 35.4 Å². The summed E-state index contributed by atoms with van der Waals surface area (Å²) in [6.07, 6.45) is 5.20. The van der Waals surface area contributed by atoms with E-state index in [1.54, 1.807) is 0 Å². The van der Waals surface area contributed by atoms with Crippen molar-refractivity contribution in [2.75, 3.05) is 6.54 Å². The Morgan fingerprint density at radius 1 is 1.29 bits per heavy atom. The zero-order chi connectivity index (χ0) is 15.1. The number of hydrogen-bond acceptors (Lipinski definition) is 2. The van der Waals surface area contributed by atoms with E-state index in [0.717, 1.165) is 24.0 Å². The molecule has 114 valence electrons. The molecule has 1 aliphatic heterocycles. The summed E-state index contributed by atoms with van der Waals surface area (Å²) in [5.74, 6) is 0.0686. The highest BCUT2D eigenvalue weighted by Crippen LogP contribution is 2.48. The lowest BCUT2D eigenvalue weighted by atomic mass is 9.70. The highest BCUT2D eigenvalue weighted by Gasteiger charge is 2.49. The minimum absolute atomic E-state index is 0.0587. The number of hydrogen-bond donors (Lipinski definition) is 1. The zero-order valence-corrected chi connectivity index (χ0v) is 13.1. The van der Waals surface area contributed by atoms with Crippen molar-refractivity contribution in [1.29, 1.82) is 0 Å². The molecule has 3 heteroatoms. The van der Waals surface area contributed by atoms with Crippen LogP contribution in [-0.2, 0) is 6.54 Å². The predicted molar refractivity (Wildman–Crippen MR) is 83.0 cm³/mol. The third-order valence-corrected chi connectivity index (χ3v) is 5.76. The first kappa shape index (κ1) is 14.6. The second kappa shape index (κ2) is 5.13. The molecule has 1 aromatic carbocycles. The highest BCUT2D eigenvalue weighted by atomic mass is 16.3. The standard InChI is InChI=1S/C18H25NO2/c1-3-18(21,17(2)10-6-7-11-17)13-19-12-14-8-4-5-9-15(14)16(19)20/h4-5,8-9,21H,3,6-7,10-13H2,1-2H3/t18-/m1/s1. The van der Waals surface area contributed by atoms with E-state index in [4.69, 9.17) is 0 Å². The van der Waals surface area contributed by atoms with Crippen molar-refractivity contribution >= 4 is 5.91 Å². The fraction of sp³-hybridized carbons (Fsp3) is 0.611. The number of rotatable bonds is 4. The Balaban J connectivity index is 1.82. The lowest BCUT2D eigenvalue weighted by Gasteiger charge is -2.44. The smallest absolute Gasteiger partial charge is 0.254 e. The number of fused-ring (bicyclic) bond motifs is 1. The third-order valence-electron chi connectivity index (χ3n) is 5.76. The number of carbonyl (C=O) groups excluding carboxylic acids is 1. The lowest BCUT2D eigenvalue weighted by Crippen LogP contribution is -2.53. The van der Waals surface area contributed by atoms with Crippen LogP contribution in [0.15, 0.2) is 24.3 Å². The predicted octanol–water partition coefficient (Wildman–Crippen LogP) is 3.36. The van der Waals surface area contributed by atoms with Crippen LogP contribution >= 0.6 is 0 Å². The molecule has 0 bridgehead atoms. The minimum Gasteiger partial charge on any atom is -0.387 e. The van der Waals surface area contributed by atoms with Crippen molar-refractivity contribution < 1.29 is 9.90 Å². The summed E-state index contributed by atoms with van der Waals surface area (Å²) in [5.41, 5.74) is 1.04. The molecule has 1 aliphatic carbocycles. The number of benzene rings is 1. The maximum atomic E-state index is 12.5. The van der Waals surface area contributed by atoms with Gasteiger partial charge < -0.3 is 10.0 Å². The number of amides is 1. The van der Waals surface area contributed by atoms with E-state index < -0.39 is 5.60 Å². The Kier molecular flexibility index (Phi) is 3.56. The van der Waals surface area contributed by atoms with E-state index in [-0.39, 0.29) is 11.3 Å². The average Bonchev–Trinajstić information content (AvgIpc) is 3.06. The molecule has 1 N–H and O–H groups in total. The van der Waals surface area contributed by atoms with Gasteiger partial charge in [0.2, 0.25) is 0 Å². The van der Waals surface area contributed by atoms with Crippen LogP contribution in [0.5, 0.6) is 0 Å². The van der Waals surface area contributed by atoms with Crippen LogP contribution in [0.3, 0.4) is 0 Å². The molecule has 1 amide bonds. The van der Waals surface area contributed by atoms with Gasteiger partial charge in [-0.25, -0.2) is 0 Å². The molecular formula is C18H25NO2. The van der Waals surface area contributed by atoms with Gasteiger partial charge in [-0.1, -0.05) is 44.9 Å². The Morgan fingerprint density at radius 3 is 2.57 bits per heavy atom. The number of aliphatic hydroxyl groups is 1. The molecular weight excluding hydrogens is 262 g/mol. The Bertz CT molecular complexity index is 548. The molecule has 0 saturated heterocycles. The topological polar surface area (TPSA) is 40.5 Å².